The maximum Gasteiger partial charge on any atom is 0.0812 e. The Kier molecular flexibility index (Phi) is 5.92. The fraction of sp³-hybridized carbons (Fsp3) is 1.00. The number of hydrogen-bond donors (Lipinski definition) is 1. The van der Waals surface area contributed by atoms with Gasteiger partial charge in [-0.3, -0.25) is 0 Å². The molecule has 0 saturated heterocycles. The summed E-state index contributed by atoms with van der Waals surface area (Å²) in [5, 5.41) is 3.65. The SMILES string of the molecule is CC1CCCC(OC2(CNC(C)C)CCCC(C)C2)C1. The van der Waals surface area contributed by atoms with Crippen LogP contribution in [0.15, 0.2) is 0 Å². The van der Waals surface area contributed by atoms with Crippen molar-refractivity contribution in [2.24, 2.45) is 11.8 Å². The standard InChI is InChI=1S/C18H35NO/c1-14(2)19-13-18(10-6-8-16(4)12-18)20-17-9-5-7-15(3)11-17/h14-17,19H,5-13H2,1-4H3. The summed E-state index contributed by atoms with van der Waals surface area (Å²) in [6.45, 7) is 10.3. The number of hydrogen-bond acceptors (Lipinski definition) is 2. The minimum absolute atomic E-state index is 0.115. The minimum Gasteiger partial charge on any atom is -0.370 e. The Balaban J connectivity index is 1.97. The number of rotatable bonds is 5. The van der Waals surface area contributed by atoms with Crippen LogP contribution in [0, 0.1) is 11.8 Å². The molecule has 0 aromatic heterocycles. The first-order chi connectivity index (χ1) is 9.49. The first-order valence-corrected chi connectivity index (χ1v) is 8.90. The normalized spacial score (nSPS) is 39.1. The van der Waals surface area contributed by atoms with E-state index in [9.17, 15) is 0 Å². The Bertz CT molecular complexity index is 291. The predicted octanol–water partition coefficient (Wildman–Crippen LogP) is 4.53. The molecule has 4 unspecified atom stereocenters. The maximum atomic E-state index is 6.75. The van der Waals surface area contributed by atoms with E-state index in [1.54, 1.807) is 0 Å². The topological polar surface area (TPSA) is 21.3 Å². The lowest BCUT2D eigenvalue weighted by molar-refractivity contribution is -0.134. The van der Waals surface area contributed by atoms with E-state index in [2.05, 4.69) is 33.0 Å². The van der Waals surface area contributed by atoms with Crippen LogP contribution in [-0.4, -0.2) is 24.3 Å². The molecule has 0 aliphatic heterocycles. The summed E-state index contributed by atoms with van der Waals surface area (Å²) in [6, 6.07) is 0.554. The van der Waals surface area contributed by atoms with Gasteiger partial charge < -0.3 is 10.1 Å². The zero-order valence-corrected chi connectivity index (χ0v) is 14.1. The molecule has 0 aromatic rings. The molecule has 2 aliphatic rings. The highest BCUT2D eigenvalue weighted by atomic mass is 16.5. The quantitative estimate of drug-likeness (QED) is 0.799. The van der Waals surface area contributed by atoms with E-state index < -0.39 is 0 Å². The van der Waals surface area contributed by atoms with Gasteiger partial charge in [-0.2, -0.15) is 0 Å². The molecule has 0 bridgehead atoms. The Morgan fingerprint density at radius 2 is 1.85 bits per heavy atom. The average molecular weight is 281 g/mol. The Morgan fingerprint density at radius 1 is 1.10 bits per heavy atom. The Morgan fingerprint density at radius 3 is 2.50 bits per heavy atom. The van der Waals surface area contributed by atoms with Gasteiger partial charge in [0.25, 0.3) is 0 Å². The maximum absolute atomic E-state index is 6.75. The fourth-order valence-corrected chi connectivity index (χ4v) is 4.15. The highest BCUT2D eigenvalue weighted by Crippen LogP contribution is 2.38. The molecule has 118 valence electrons. The van der Waals surface area contributed by atoms with E-state index in [-0.39, 0.29) is 5.60 Å². The monoisotopic (exact) mass is 281 g/mol. The largest absolute Gasteiger partial charge is 0.370 e. The highest BCUT2D eigenvalue weighted by molar-refractivity contribution is 4.91. The second kappa shape index (κ2) is 7.26. The minimum atomic E-state index is 0.115. The van der Waals surface area contributed by atoms with Crippen molar-refractivity contribution in [3.05, 3.63) is 0 Å². The first kappa shape index (κ1) is 16.3. The van der Waals surface area contributed by atoms with Crippen LogP contribution in [0.5, 0.6) is 0 Å². The molecule has 1 N–H and O–H groups in total. The second-order valence-corrected chi connectivity index (χ2v) is 7.93. The molecule has 2 aliphatic carbocycles. The van der Waals surface area contributed by atoms with E-state index in [1.807, 2.05) is 0 Å². The van der Waals surface area contributed by atoms with E-state index >= 15 is 0 Å². The van der Waals surface area contributed by atoms with Crippen LogP contribution in [-0.2, 0) is 4.74 Å². The summed E-state index contributed by atoms with van der Waals surface area (Å²) in [5.74, 6) is 1.67. The van der Waals surface area contributed by atoms with E-state index in [0.29, 0.717) is 12.1 Å². The molecule has 2 rings (SSSR count). The van der Waals surface area contributed by atoms with Gasteiger partial charge in [0, 0.05) is 12.6 Å². The van der Waals surface area contributed by atoms with Crippen LogP contribution in [0.1, 0.15) is 79.1 Å². The molecular weight excluding hydrogens is 246 g/mol. The summed E-state index contributed by atoms with van der Waals surface area (Å²) >= 11 is 0. The summed E-state index contributed by atoms with van der Waals surface area (Å²) in [6.07, 6.45) is 11.0. The molecule has 0 heterocycles. The zero-order chi connectivity index (χ0) is 14.6. The predicted molar refractivity (Wildman–Crippen MR) is 86.0 cm³/mol. The van der Waals surface area contributed by atoms with Crippen LogP contribution in [0.25, 0.3) is 0 Å². The zero-order valence-electron chi connectivity index (χ0n) is 14.1. The molecule has 2 nitrogen and oxygen atoms in total. The summed E-state index contributed by atoms with van der Waals surface area (Å²) < 4.78 is 6.75. The molecule has 0 aromatic carbocycles. The number of ether oxygens (including phenoxy) is 1. The first-order valence-electron chi connectivity index (χ1n) is 8.90. The van der Waals surface area contributed by atoms with E-state index in [1.165, 1.54) is 51.4 Å². The molecule has 0 radical (unpaired) electrons. The van der Waals surface area contributed by atoms with Crippen LogP contribution in [0.3, 0.4) is 0 Å². The van der Waals surface area contributed by atoms with Crippen LogP contribution in [0.4, 0.5) is 0 Å². The summed E-state index contributed by atoms with van der Waals surface area (Å²) in [7, 11) is 0. The third-order valence-corrected chi connectivity index (χ3v) is 5.19. The van der Waals surface area contributed by atoms with Crippen molar-refractivity contribution >= 4 is 0 Å². The van der Waals surface area contributed by atoms with Crippen LogP contribution >= 0.6 is 0 Å². The van der Waals surface area contributed by atoms with E-state index in [4.69, 9.17) is 4.74 Å². The molecule has 2 heteroatoms. The van der Waals surface area contributed by atoms with Gasteiger partial charge in [0.2, 0.25) is 0 Å². The molecule has 0 spiro atoms. The van der Waals surface area contributed by atoms with Gasteiger partial charge in [-0.15, -0.1) is 0 Å². The van der Waals surface area contributed by atoms with Gasteiger partial charge >= 0.3 is 0 Å². The average Bonchev–Trinajstić information content (AvgIpc) is 2.36. The molecule has 2 fully saturated rings. The van der Waals surface area contributed by atoms with Crippen molar-refractivity contribution in [3.8, 4) is 0 Å². The van der Waals surface area contributed by atoms with Crippen LogP contribution < -0.4 is 5.32 Å². The van der Waals surface area contributed by atoms with E-state index in [0.717, 1.165) is 18.4 Å². The smallest absolute Gasteiger partial charge is 0.0812 e. The molecule has 0 amide bonds. The second-order valence-electron chi connectivity index (χ2n) is 7.93. The van der Waals surface area contributed by atoms with Crippen molar-refractivity contribution in [3.63, 3.8) is 0 Å². The highest BCUT2D eigenvalue weighted by Gasteiger charge is 2.38. The van der Waals surface area contributed by atoms with Gasteiger partial charge in [0.05, 0.1) is 11.7 Å². The van der Waals surface area contributed by atoms with Gasteiger partial charge in [0.1, 0.15) is 0 Å². The molecule has 20 heavy (non-hydrogen) atoms. The third kappa shape index (κ3) is 4.73. The van der Waals surface area contributed by atoms with Crippen molar-refractivity contribution in [2.45, 2.75) is 96.8 Å². The Labute approximate surface area is 126 Å². The fourth-order valence-electron chi connectivity index (χ4n) is 4.15. The van der Waals surface area contributed by atoms with Gasteiger partial charge in [-0.1, -0.05) is 53.4 Å². The summed E-state index contributed by atoms with van der Waals surface area (Å²) in [5.41, 5.74) is 0.115. The molecule has 2 saturated carbocycles. The van der Waals surface area contributed by atoms with Crippen LogP contribution in [0.2, 0.25) is 0 Å². The summed E-state index contributed by atoms with van der Waals surface area (Å²) in [4.78, 5) is 0. The lowest BCUT2D eigenvalue weighted by atomic mass is 9.78. The lowest BCUT2D eigenvalue weighted by Crippen LogP contribution is -2.50. The molecule has 4 atom stereocenters. The van der Waals surface area contributed by atoms with Crippen molar-refractivity contribution in [1.29, 1.82) is 0 Å². The van der Waals surface area contributed by atoms with Crippen molar-refractivity contribution in [1.82, 2.24) is 5.32 Å². The van der Waals surface area contributed by atoms with Crippen molar-refractivity contribution in [2.75, 3.05) is 6.54 Å². The lowest BCUT2D eigenvalue weighted by Gasteiger charge is -2.44. The van der Waals surface area contributed by atoms with Gasteiger partial charge in [-0.25, -0.2) is 0 Å². The van der Waals surface area contributed by atoms with Gasteiger partial charge in [-0.05, 0) is 37.5 Å². The molecular formula is C18H35NO. The Hall–Kier alpha value is -0.0800. The number of nitrogens with one attached hydrogen (secondary N) is 1. The van der Waals surface area contributed by atoms with Gasteiger partial charge in [0.15, 0.2) is 0 Å². The third-order valence-electron chi connectivity index (χ3n) is 5.19. The van der Waals surface area contributed by atoms with Crippen molar-refractivity contribution < 1.29 is 4.74 Å².